The summed E-state index contributed by atoms with van der Waals surface area (Å²) in [6.07, 6.45) is 5.01. The average molecular weight is 280 g/mol. The molecule has 0 aliphatic carbocycles. The van der Waals surface area contributed by atoms with E-state index in [2.05, 4.69) is 5.32 Å². The third-order valence-electron chi connectivity index (χ3n) is 3.30. The molecule has 5 heteroatoms. The first-order valence-electron chi connectivity index (χ1n) is 7.20. The summed E-state index contributed by atoms with van der Waals surface area (Å²) < 4.78 is 4.95. The van der Waals surface area contributed by atoms with Crippen LogP contribution in [0, 0.1) is 0 Å². The third-order valence-corrected chi connectivity index (χ3v) is 3.30. The van der Waals surface area contributed by atoms with Crippen LogP contribution in [0.3, 0.4) is 0 Å². The van der Waals surface area contributed by atoms with Crippen LogP contribution in [0.5, 0.6) is 0 Å². The smallest absolute Gasteiger partial charge is 0.257 e. The average Bonchev–Trinajstić information content (AvgIpc) is 2.98. The minimum absolute atomic E-state index is 0.0138. The van der Waals surface area contributed by atoms with Crippen LogP contribution in [0.1, 0.15) is 50.4 Å². The summed E-state index contributed by atoms with van der Waals surface area (Å²) >= 11 is 0. The van der Waals surface area contributed by atoms with Gasteiger partial charge in [-0.05, 0) is 25.8 Å². The Morgan fingerprint density at radius 1 is 1.40 bits per heavy atom. The van der Waals surface area contributed by atoms with E-state index in [1.807, 2.05) is 20.8 Å². The van der Waals surface area contributed by atoms with E-state index in [4.69, 9.17) is 4.42 Å². The molecule has 0 unspecified atom stereocenters. The van der Waals surface area contributed by atoms with Crippen molar-refractivity contribution < 1.29 is 14.0 Å². The first kappa shape index (κ1) is 16.3. The minimum atomic E-state index is -0.0867. The van der Waals surface area contributed by atoms with Crippen LogP contribution >= 0.6 is 0 Å². The van der Waals surface area contributed by atoms with Crippen molar-refractivity contribution in [1.82, 2.24) is 10.2 Å². The monoisotopic (exact) mass is 280 g/mol. The molecule has 0 spiro atoms. The Bertz CT molecular complexity index is 415. The van der Waals surface area contributed by atoms with Gasteiger partial charge in [-0.1, -0.05) is 13.8 Å². The van der Waals surface area contributed by atoms with Crippen molar-refractivity contribution in [2.75, 3.05) is 13.1 Å². The van der Waals surface area contributed by atoms with Gasteiger partial charge in [0.25, 0.3) is 5.91 Å². The molecule has 1 atom stereocenters. The number of hydrogen-bond acceptors (Lipinski definition) is 3. The van der Waals surface area contributed by atoms with E-state index < -0.39 is 0 Å². The molecule has 0 radical (unpaired) electrons. The highest BCUT2D eigenvalue weighted by atomic mass is 16.3. The van der Waals surface area contributed by atoms with Gasteiger partial charge in [0.1, 0.15) is 6.26 Å². The summed E-state index contributed by atoms with van der Waals surface area (Å²) in [5.74, 6) is -0.100. The Morgan fingerprint density at radius 3 is 2.70 bits per heavy atom. The van der Waals surface area contributed by atoms with Crippen molar-refractivity contribution in [1.29, 1.82) is 0 Å². The standard InChI is InChI=1S/C15H24N2O3/c1-4-8-16-14(18)6-9-17(12(3)5-2)15(19)13-7-10-20-11-13/h7,10-12H,4-6,8-9H2,1-3H3,(H,16,18)/t12-/m1/s1. The number of amides is 2. The Hall–Kier alpha value is -1.78. The zero-order chi connectivity index (χ0) is 15.0. The molecule has 1 rings (SSSR count). The fourth-order valence-electron chi connectivity index (χ4n) is 1.87. The molecule has 112 valence electrons. The highest BCUT2D eigenvalue weighted by molar-refractivity contribution is 5.94. The predicted octanol–water partition coefficient (Wildman–Crippen LogP) is 2.44. The maximum atomic E-state index is 12.4. The quantitative estimate of drug-likeness (QED) is 0.795. The van der Waals surface area contributed by atoms with Gasteiger partial charge < -0.3 is 14.6 Å². The second kappa shape index (κ2) is 8.40. The number of carbonyl (C=O) groups is 2. The van der Waals surface area contributed by atoms with E-state index in [0.29, 0.717) is 25.1 Å². The maximum absolute atomic E-state index is 12.4. The zero-order valence-electron chi connectivity index (χ0n) is 12.5. The SMILES string of the molecule is CCCNC(=O)CCN(C(=O)c1ccoc1)[C@H](C)CC. The van der Waals surface area contributed by atoms with Gasteiger partial charge >= 0.3 is 0 Å². The largest absolute Gasteiger partial charge is 0.472 e. The Balaban J connectivity index is 2.61. The zero-order valence-corrected chi connectivity index (χ0v) is 12.5. The maximum Gasteiger partial charge on any atom is 0.257 e. The molecule has 0 aromatic carbocycles. The van der Waals surface area contributed by atoms with Gasteiger partial charge in [-0.3, -0.25) is 9.59 Å². The number of rotatable bonds is 8. The van der Waals surface area contributed by atoms with Gasteiger partial charge in [-0.25, -0.2) is 0 Å². The summed E-state index contributed by atoms with van der Waals surface area (Å²) in [7, 11) is 0. The second-order valence-corrected chi connectivity index (χ2v) is 4.87. The van der Waals surface area contributed by atoms with Crippen molar-refractivity contribution in [2.45, 2.75) is 46.1 Å². The number of nitrogens with one attached hydrogen (secondary N) is 1. The molecule has 0 saturated carbocycles. The Kier molecular flexibility index (Phi) is 6.84. The van der Waals surface area contributed by atoms with E-state index in [1.54, 1.807) is 11.0 Å². The van der Waals surface area contributed by atoms with Gasteiger partial charge in [-0.2, -0.15) is 0 Å². The summed E-state index contributed by atoms with van der Waals surface area (Å²) in [4.78, 5) is 25.8. The van der Waals surface area contributed by atoms with Gasteiger partial charge in [-0.15, -0.1) is 0 Å². The molecule has 1 N–H and O–H groups in total. The summed E-state index contributed by atoms with van der Waals surface area (Å²) in [6, 6.07) is 1.74. The van der Waals surface area contributed by atoms with Crippen LogP contribution in [-0.2, 0) is 4.79 Å². The van der Waals surface area contributed by atoms with E-state index in [1.165, 1.54) is 12.5 Å². The van der Waals surface area contributed by atoms with Crippen molar-refractivity contribution in [3.63, 3.8) is 0 Å². The number of nitrogens with zero attached hydrogens (tertiary/aromatic N) is 1. The van der Waals surface area contributed by atoms with Crippen molar-refractivity contribution >= 4 is 11.8 Å². The lowest BCUT2D eigenvalue weighted by molar-refractivity contribution is -0.121. The van der Waals surface area contributed by atoms with E-state index in [9.17, 15) is 9.59 Å². The van der Waals surface area contributed by atoms with Gasteiger partial charge in [0, 0.05) is 25.6 Å². The highest BCUT2D eigenvalue weighted by Gasteiger charge is 2.21. The second-order valence-electron chi connectivity index (χ2n) is 4.87. The van der Waals surface area contributed by atoms with Crippen LogP contribution in [0.2, 0.25) is 0 Å². The molecule has 20 heavy (non-hydrogen) atoms. The lowest BCUT2D eigenvalue weighted by Crippen LogP contribution is -2.40. The van der Waals surface area contributed by atoms with E-state index >= 15 is 0 Å². The summed E-state index contributed by atoms with van der Waals surface area (Å²) in [6.45, 7) is 7.12. The van der Waals surface area contributed by atoms with Crippen molar-refractivity contribution in [2.24, 2.45) is 0 Å². The van der Waals surface area contributed by atoms with E-state index in [0.717, 1.165) is 12.8 Å². The molecule has 1 heterocycles. The fourth-order valence-corrected chi connectivity index (χ4v) is 1.87. The molecule has 0 saturated heterocycles. The molecule has 0 fully saturated rings. The first-order chi connectivity index (χ1) is 9.60. The molecule has 0 aliphatic rings. The lowest BCUT2D eigenvalue weighted by atomic mass is 10.1. The lowest BCUT2D eigenvalue weighted by Gasteiger charge is -2.28. The van der Waals surface area contributed by atoms with Crippen LogP contribution in [0.15, 0.2) is 23.0 Å². The summed E-state index contributed by atoms with van der Waals surface area (Å²) in [5.41, 5.74) is 0.527. The molecule has 1 aromatic heterocycles. The molecule has 0 aliphatic heterocycles. The summed E-state index contributed by atoms with van der Waals surface area (Å²) in [5, 5.41) is 2.82. The molecule has 1 aromatic rings. The molecule has 2 amide bonds. The number of carbonyl (C=O) groups excluding carboxylic acids is 2. The van der Waals surface area contributed by atoms with Crippen LogP contribution in [-0.4, -0.2) is 35.8 Å². The third kappa shape index (κ3) is 4.72. The number of hydrogen-bond donors (Lipinski definition) is 1. The minimum Gasteiger partial charge on any atom is -0.472 e. The van der Waals surface area contributed by atoms with E-state index in [-0.39, 0.29) is 17.9 Å². The molecule has 0 bridgehead atoms. The van der Waals surface area contributed by atoms with Crippen molar-refractivity contribution in [3.8, 4) is 0 Å². The highest BCUT2D eigenvalue weighted by Crippen LogP contribution is 2.12. The normalized spacial score (nSPS) is 11.9. The fraction of sp³-hybridized carbons (Fsp3) is 0.600. The van der Waals surface area contributed by atoms with Gasteiger partial charge in [0.15, 0.2) is 0 Å². The van der Waals surface area contributed by atoms with Crippen molar-refractivity contribution in [3.05, 3.63) is 24.2 Å². The van der Waals surface area contributed by atoms with Crippen LogP contribution in [0.4, 0.5) is 0 Å². The Morgan fingerprint density at radius 2 is 2.15 bits per heavy atom. The molecule has 5 nitrogen and oxygen atoms in total. The predicted molar refractivity (Wildman–Crippen MR) is 77.4 cm³/mol. The number of furan rings is 1. The van der Waals surface area contributed by atoms with Gasteiger partial charge in [0.05, 0.1) is 11.8 Å². The van der Waals surface area contributed by atoms with Gasteiger partial charge in [0.2, 0.25) is 5.91 Å². The molecular weight excluding hydrogens is 256 g/mol. The van der Waals surface area contributed by atoms with Crippen LogP contribution < -0.4 is 5.32 Å². The Labute approximate surface area is 120 Å². The topological polar surface area (TPSA) is 62.6 Å². The first-order valence-corrected chi connectivity index (χ1v) is 7.20. The molecular formula is C15H24N2O3. The van der Waals surface area contributed by atoms with Crippen LogP contribution in [0.25, 0.3) is 0 Å².